The summed E-state index contributed by atoms with van der Waals surface area (Å²) >= 11 is 0. The lowest BCUT2D eigenvalue weighted by molar-refractivity contribution is 0.178. The second-order valence-electron chi connectivity index (χ2n) is 7.24. The molecule has 3 aromatic rings. The van der Waals surface area contributed by atoms with Gasteiger partial charge in [-0.1, -0.05) is 24.3 Å². The fourth-order valence-electron chi connectivity index (χ4n) is 4.44. The zero-order valence-corrected chi connectivity index (χ0v) is 14.1. The van der Waals surface area contributed by atoms with Crippen LogP contribution in [0.1, 0.15) is 48.9 Å². The highest BCUT2D eigenvalue weighted by Gasteiger charge is 2.27. The van der Waals surface area contributed by atoms with E-state index in [0.29, 0.717) is 12.1 Å². The lowest BCUT2D eigenvalue weighted by Gasteiger charge is -2.16. The van der Waals surface area contributed by atoms with Crippen molar-refractivity contribution in [1.82, 2.24) is 14.5 Å². The molecule has 25 heavy (non-hydrogen) atoms. The monoisotopic (exact) mass is 334 g/mol. The van der Waals surface area contributed by atoms with Crippen molar-refractivity contribution in [1.29, 1.82) is 0 Å². The van der Waals surface area contributed by atoms with Crippen LogP contribution in [0, 0.1) is 0 Å². The Morgan fingerprint density at radius 3 is 2.88 bits per heavy atom. The van der Waals surface area contributed by atoms with E-state index in [0.717, 1.165) is 49.0 Å². The Kier molecular flexibility index (Phi) is 3.48. The molecule has 3 atom stereocenters. The topological polar surface area (TPSA) is 63.0 Å². The average Bonchev–Trinajstić information content (AvgIpc) is 3.34. The largest absolute Gasteiger partial charge is 0.393 e. The summed E-state index contributed by atoms with van der Waals surface area (Å²) in [5.41, 5.74) is 3.78. The van der Waals surface area contributed by atoms with Crippen molar-refractivity contribution < 1.29 is 5.11 Å². The number of hydrogen-bond acceptors (Lipinski definition) is 4. The first-order chi connectivity index (χ1) is 12.3. The molecule has 5 rings (SSSR count). The maximum atomic E-state index is 9.85. The van der Waals surface area contributed by atoms with E-state index in [1.807, 2.05) is 0 Å². The highest BCUT2D eigenvalue weighted by atomic mass is 16.3. The van der Waals surface area contributed by atoms with Crippen LogP contribution in [0.4, 0.5) is 5.82 Å². The molecule has 2 heterocycles. The number of benzene rings is 1. The Morgan fingerprint density at radius 1 is 1.08 bits per heavy atom. The third kappa shape index (κ3) is 2.50. The Morgan fingerprint density at radius 2 is 2.00 bits per heavy atom. The molecule has 0 amide bonds. The van der Waals surface area contributed by atoms with Crippen LogP contribution in [-0.2, 0) is 6.42 Å². The quantitative estimate of drug-likeness (QED) is 0.768. The van der Waals surface area contributed by atoms with Gasteiger partial charge in [0.15, 0.2) is 0 Å². The molecule has 1 saturated carbocycles. The van der Waals surface area contributed by atoms with Crippen LogP contribution in [0.3, 0.4) is 0 Å². The molecule has 2 aliphatic carbocycles. The Bertz CT molecular complexity index is 919. The normalized spacial score (nSPS) is 25.4. The van der Waals surface area contributed by atoms with Crippen molar-refractivity contribution >= 4 is 16.9 Å². The molecule has 0 aliphatic heterocycles. The van der Waals surface area contributed by atoms with Crippen LogP contribution in [0.5, 0.6) is 0 Å². The van der Waals surface area contributed by atoms with Crippen molar-refractivity contribution in [2.45, 2.75) is 50.3 Å². The summed E-state index contributed by atoms with van der Waals surface area (Å²) in [6.45, 7) is 0. The van der Waals surface area contributed by atoms with Crippen LogP contribution in [-0.4, -0.2) is 25.7 Å². The maximum Gasteiger partial charge on any atom is 0.145 e. The molecular formula is C20H22N4O. The molecule has 0 radical (unpaired) electrons. The first-order valence-corrected chi connectivity index (χ1v) is 9.13. The molecule has 0 bridgehead atoms. The van der Waals surface area contributed by atoms with Gasteiger partial charge in [0, 0.05) is 12.2 Å². The number of aromatic nitrogens is 3. The molecule has 5 nitrogen and oxygen atoms in total. The van der Waals surface area contributed by atoms with E-state index in [-0.39, 0.29) is 6.10 Å². The van der Waals surface area contributed by atoms with Crippen LogP contribution in [0.2, 0.25) is 0 Å². The highest BCUT2D eigenvalue weighted by molar-refractivity contribution is 5.87. The number of rotatable bonds is 3. The highest BCUT2D eigenvalue weighted by Crippen LogP contribution is 2.36. The van der Waals surface area contributed by atoms with Gasteiger partial charge >= 0.3 is 0 Å². The minimum atomic E-state index is -0.183. The molecule has 1 aromatic carbocycles. The zero-order chi connectivity index (χ0) is 16.8. The molecule has 5 heteroatoms. The second kappa shape index (κ2) is 5.85. The third-order valence-electron chi connectivity index (χ3n) is 5.72. The van der Waals surface area contributed by atoms with E-state index >= 15 is 0 Å². The van der Waals surface area contributed by atoms with Gasteiger partial charge in [-0.25, -0.2) is 9.97 Å². The number of hydrogen-bond donors (Lipinski definition) is 2. The molecular weight excluding hydrogens is 312 g/mol. The van der Waals surface area contributed by atoms with Crippen molar-refractivity contribution in [2.24, 2.45) is 0 Å². The van der Waals surface area contributed by atoms with Crippen LogP contribution >= 0.6 is 0 Å². The molecule has 0 unspecified atom stereocenters. The Labute approximate surface area is 146 Å². The zero-order valence-electron chi connectivity index (χ0n) is 14.1. The molecule has 0 spiro atoms. The Hall–Kier alpha value is -2.40. The molecule has 1 fully saturated rings. The fraction of sp³-hybridized carbons (Fsp3) is 0.400. The molecule has 0 saturated heterocycles. The van der Waals surface area contributed by atoms with E-state index in [1.165, 1.54) is 11.1 Å². The fourth-order valence-corrected chi connectivity index (χ4v) is 4.44. The van der Waals surface area contributed by atoms with Crippen molar-refractivity contribution in [3.63, 3.8) is 0 Å². The van der Waals surface area contributed by atoms with Gasteiger partial charge in [0.05, 0.1) is 17.5 Å². The SMILES string of the molecule is O[C@H]1CC[C@@H](n2ccc3c(N[C@H]4CCc5ccccc54)ncnc32)C1. The molecule has 2 aromatic heterocycles. The van der Waals surface area contributed by atoms with E-state index in [1.54, 1.807) is 6.33 Å². The first kappa shape index (κ1) is 14.9. The third-order valence-corrected chi connectivity index (χ3v) is 5.72. The van der Waals surface area contributed by atoms with Crippen molar-refractivity contribution in [3.05, 3.63) is 54.0 Å². The number of aryl methyl sites for hydroxylation is 1. The molecule has 2 aliphatic rings. The maximum absolute atomic E-state index is 9.85. The summed E-state index contributed by atoms with van der Waals surface area (Å²) in [7, 11) is 0. The van der Waals surface area contributed by atoms with Gasteiger partial charge < -0.3 is 15.0 Å². The van der Waals surface area contributed by atoms with E-state index in [2.05, 4.69) is 56.4 Å². The second-order valence-corrected chi connectivity index (χ2v) is 7.24. The molecule has 128 valence electrons. The van der Waals surface area contributed by atoms with Gasteiger partial charge in [0.1, 0.15) is 17.8 Å². The van der Waals surface area contributed by atoms with Gasteiger partial charge in [-0.2, -0.15) is 0 Å². The summed E-state index contributed by atoms with van der Waals surface area (Å²) in [4.78, 5) is 9.03. The van der Waals surface area contributed by atoms with E-state index < -0.39 is 0 Å². The number of aliphatic hydroxyl groups is 1. The minimum Gasteiger partial charge on any atom is -0.393 e. The summed E-state index contributed by atoms with van der Waals surface area (Å²) in [6, 6.07) is 11.4. The Balaban J connectivity index is 1.48. The van der Waals surface area contributed by atoms with Crippen molar-refractivity contribution in [3.8, 4) is 0 Å². The van der Waals surface area contributed by atoms with Crippen LogP contribution in [0.25, 0.3) is 11.0 Å². The summed E-state index contributed by atoms with van der Waals surface area (Å²) in [5, 5.41) is 14.6. The summed E-state index contributed by atoms with van der Waals surface area (Å²) in [5.74, 6) is 0.906. The summed E-state index contributed by atoms with van der Waals surface area (Å²) < 4.78 is 2.21. The predicted molar refractivity (Wildman–Crippen MR) is 97.5 cm³/mol. The lowest BCUT2D eigenvalue weighted by atomic mass is 10.1. The van der Waals surface area contributed by atoms with E-state index in [9.17, 15) is 5.11 Å². The van der Waals surface area contributed by atoms with Crippen LogP contribution in [0.15, 0.2) is 42.9 Å². The van der Waals surface area contributed by atoms with Gasteiger partial charge in [0.25, 0.3) is 0 Å². The number of fused-ring (bicyclic) bond motifs is 2. The standard InChI is InChI=1S/C20H22N4O/c25-15-7-6-14(11-15)24-10-9-17-19(21-12-22-20(17)24)23-18-8-5-13-3-1-2-4-16(13)18/h1-4,9-10,12,14-15,18,25H,5-8,11H2,(H,21,22,23)/t14-,15+,18+/m1/s1. The van der Waals surface area contributed by atoms with Gasteiger partial charge in [-0.05, 0) is 49.3 Å². The number of anilines is 1. The predicted octanol–water partition coefficient (Wildman–Crippen LogP) is 3.62. The number of aliphatic hydroxyl groups excluding tert-OH is 1. The van der Waals surface area contributed by atoms with E-state index in [4.69, 9.17) is 0 Å². The van der Waals surface area contributed by atoms with Gasteiger partial charge in [0.2, 0.25) is 0 Å². The summed E-state index contributed by atoms with van der Waals surface area (Å²) in [6.07, 6.45) is 8.46. The van der Waals surface area contributed by atoms with Gasteiger partial charge in [-0.3, -0.25) is 0 Å². The lowest BCUT2D eigenvalue weighted by Crippen LogP contribution is -2.10. The smallest absolute Gasteiger partial charge is 0.145 e. The first-order valence-electron chi connectivity index (χ1n) is 9.13. The van der Waals surface area contributed by atoms with Crippen LogP contribution < -0.4 is 5.32 Å². The average molecular weight is 334 g/mol. The van der Waals surface area contributed by atoms with Gasteiger partial charge in [-0.15, -0.1) is 0 Å². The molecule has 2 N–H and O–H groups in total. The number of nitrogens with one attached hydrogen (secondary N) is 1. The van der Waals surface area contributed by atoms with Crippen molar-refractivity contribution in [2.75, 3.05) is 5.32 Å². The minimum absolute atomic E-state index is 0.183. The number of nitrogens with zero attached hydrogens (tertiary/aromatic N) is 3.